The van der Waals surface area contributed by atoms with E-state index in [-0.39, 0.29) is 19.5 Å². The minimum atomic E-state index is -0.903. The molecule has 0 unspecified atom stereocenters. The molecule has 2 amide bonds. The Morgan fingerprint density at radius 1 is 0.824 bits per heavy atom. The van der Waals surface area contributed by atoms with Crippen LogP contribution in [-0.2, 0) is 9.59 Å². The van der Waals surface area contributed by atoms with Crippen LogP contribution in [0.1, 0.15) is 22.7 Å². The smallest absolute Gasteiger partial charge is 0.251 e. The second-order valence-corrected chi connectivity index (χ2v) is 7.86. The van der Waals surface area contributed by atoms with Gasteiger partial charge in [0.25, 0.3) is 5.91 Å². The van der Waals surface area contributed by atoms with E-state index in [0.717, 1.165) is 11.1 Å². The number of nitrogens with one attached hydrogen (secondary N) is 2. The molecule has 2 aliphatic rings. The number of hydrogen-bond acceptors (Lipinski definition) is 6. The lowest BCUT2D eigenvalue weighted by Crippen LogP contribution is -2.36. The van der Waals surface area contributed by atoms with Crippen molar-refractivity contribution in [3.63, 3.8) is 0 Å². The summed E-state index contributed by atoms with van der Waals surface area (Å²) >= 11 is 0. The summed E-state index contributed by atoms with van der Waals surface area (Å²) in [6.45, 7) is 2.28. The summed E-state index contributed by atoms with van der Waals surface area (Å²) in [6.07, 6.45) is 3.03. The van der Waals surface area contributed by atoms with Crippen LogP contribution in [0.2, 0.25) is 0 Å². The fourth-order valence-corrected chi connectivity index (χ4v) is 3.63. The number of aryl methyl sites for hydroxylation is 1. The van der Waals surface area contributed by atoms with Crippen LogP contribution in [0.3, 0.4) is 0 Å². The zero-order valence-corrected chi connectivity index (χ0v) is 18.4. The summed E-state index contributed by atoms with van der Waals surface area (Å²) < 4.78 is 21.4. The number of hydrogen-bond donors (Lipinski definition) is 2. The van der Waals surface area contributed by atoms with Crippen LogP contribution < -0.4 is 29.6 Å². The quantitative estimate of drug-likeness (QED) is 0.543. The number of anilines is 1. The van der Waals surface area contributed by atoms with E-state index in [1.165, 1.54) is 6.08 Å². The average molecular weight is 458 g/mol. The molecular weight excluding hydrogens is 436 g/mol. The number of amides is 2. The molecular formula is C26H22N2O6. The van der Waals surface area contributed by atoms with Gasteiger partial charge >= 0.3 is 0 Å². The minimum absolute atomic E-state index is 0.143. The molecule has 0 spiro atoms. The van der Waals surface area contributed by atoms with Gasteiger partial charge in [-0.25, -0.2) is 0 Å². The molecule has 2 heterocycles. The summed E-state index contributed by atoms with van der Waals surface area (Å²) in [7, 11) is 0. The highest BCUT2D eigenvalue weighted by molar-refractivity contribution is 6.00. The van der Waals surface area contributed by atoms with Gasteiger partial charge in [0.1, 0.15) is 6.04 Å². The maximum Gasteiger partial charge on any atom is 0.251 e. The third kappa shape index (κ3) is 4.66. The molecule has 2 N–H and O–H groups in total. The van der Waals surface area contributed by atoms with Crippen molar-refractivity contribution in [1.82, 2.24) is 5.32 Å². The van der Waals surface area contributed by atoms with Crippen molar-refractivity contribution >= 4 is 23.6 Å². The number of fused-ring (bicyclic) bond motifs is 2. The van der Waals surface area contributed by atoms with Gasteiger partial charge in [0.2, 0.25) is 19.5 Å². The lowest BCUT2D eigenvalue weighted by atomic mass is 10.0. The molecule has 0 saturated heterocycles. The van der Waals surface area contributed by atoms with Crippen LogP contribution in [0.4, 0.5) is 5.69 Å². The lowest BCUT2D eigenvalue weighted by molar-refractivity contribution is -0.123. The second-order valence-electron chi connectivity index (χ2n) is 7.86. The van der Waals surface area contributed by atoms with Crippen molar-refractivity contribution in [1.29, 1.82) is 0 Å². The Bertz CT molecular complexity index is 1270. The first-order chi connectivity index (χ1) is 16.5. The number of ether oxygens (including phenoxy) is 4. The third-order valence-corrected chi connectivity index (χ3v) is 5.42. The Hall–Kier alpha value is -4.46. The third-order valence-electron chi connectivity index (χ3n) is 5.42. The summed E-state index contributed by atoms with van der Waals surface area (Å²) in [5.74, 6) is 1.68. The van der Waals surface area contributed by atoms with E-state index < -0.39 is 11.9 Å². The van der Waals surface area contributed by atoms with Gasteiger partial charge in [-0.05, 0) is 48.4 Å². The molecule has 172 valence electrons. The molecule has 0 saturated carbocycles. The highest BCUT2D eigenvalue weighted by Gasteiger charge is 2.23. The zero-order valence-electron chi connectivity index (χ0n) is 18.4. The van der Waals surface area contributed by atoms with Crippen LogP contribution in [0, 0.1) is 6.92 Å². The number of benzene rings is 3. The van der Waals surface area contributed by atoms with Gasteiger partial charge < -0.3 is 29.6 Å². The van der Waals surface area contributed by atoms with E-state index in [1.807, 2.05) is 37.3 Å². The van der Waals surface area contributed by atoms with E-state index >= 15 is 0 Å². The Balaban J connectivity index is 1.32. The first kappa shape index (κ1) is 21.4. The minimum Gasteiger partial charge on any atom is -0.454 e. The van der Waals surface area contributed by atoms with E-state index in [9.17, 15) is 9.59 Å². The van der Waals surface area contributed by atoms with Gasteiger partial charge in [0.15, 0.2) is 23.0 Å². The molecule has 1 atom stereocenters. The van der Waals surface area contributed by atoms with Gasteiger partial charge in [-0.1, -0.05) is 35.9 Å². The maximum atomic E-state index is 13.2. The molecule has 0 aromatic heterocycles. The van der Waals surface area contributed by atoms with Gasteiger partial charge in [-0.15, -0.1) is 0 Å². The van der Waals surface area contributed by atoms with Crippen molar-refractivity contribution in [3.8, 4) is 23.0 Å². The molecule has 8 heteroatoms. The van der Waals surface area contributed by atoms with Gasteiger partial charge in [-0.3, -0.25) is 9.59 Å². The van der Waals surface area contributed by atoms with Crippen LogP contribution >= 0.6 is 0 Å². The van der Waals surface area contributed by atoms with Crippen LogP contribution in [0.25, 0.3) is 6.08 Å². The Kier molecular flexibility index (Phi) is 5.78. The molecule has 5 rings (SSSR count). The van der Waals surface area contributed by atoms with Crippen LogP contribution in [0.5, 0.6) is 23.0 Å². The van der Waals surface area contributed by atoms with Crippen molar-refractivity contribution < 1.29 is 28.5 Å². The summed E-state index contributed by atoms with van der Waals surface area (Å²) in [6, 6.07) is 17.1. The number of carbonyl (C=O) groups excluding carboxylic acids is 2. The van der Waals surface area contributed by atoms with E-state index in [2.05, 4.69) is 10.6 Å². The number of carbonyl (C=O) groups is 2. The van der Waals surface area contributed by atoms with E-state index in [0.29, 0.717) is 34.2 Å². The van der Waals surface area contributed by atoms with Gasteiger partial charge in [-0.2, -0.15) is 0 Å². The largest absolute Gasteiger partial charge is 0.454 e. The maximum absolute atomic E-state index is 13.2. The topological polar surface area (TPSA) is 95.1 Å². The zero-order chi connectivity index (χ0) is 23.5. The Morgan fingerprint density at radius 3 is 2.21 bits per heavy atom. The normalized spacial score (nSPS) is 14.1. The van der Waals surface area contributed by atoms with Gasteiger partial charge in [0, 0.05) is 17.8 Å². The van der Waals surface area contributed by atoms with Crippen molar-refractivity contribution in [2.24, 2.45) is 0 Å². The molecule has 0 bridgehead atoms. The predicted octanol–water partition coefficient (Wildman–Crippen LogP) is 3.96. The average Bonchev–Trinajstić information content (AvgIpc) is 3.50. The molecule has 0 radical (unpaired) electrons. The lowest BCUT2D eigenvalue weighted by Gasteiger charge is -2.18. The molecule has 8 nitrogen and oxygen atoms in total. The molecule has 0 aliphatic carbocycles. The molecule has 34 heavy (non-hydrogen) atoms. The fraction of sp³-hybridized carbons (Fsp3) is 0.154. The van der Waals surface area contributed by atoms with E-state index in [4.69, 9.17) is 18.9 Å². The fourth-order valence-electron chi connectivity index (χ4n) is 3.63. The summed E-state index contributed by atoms with van der Waals surface area (Å²) in [5.41, 5.74) is 3.02. The SMILES string of the molecule is Cc1ccc([C@H](NC(=O)/C=C/c2ccc3c(c2)OCO3)C(=O)Nc2ccc3c(c2)OCO3)cc1. The molecule has 3 aromatic rings. The van der Waals surface area contributed by atoms with Crippen molar-refractivity contribution in [3.05, 3.63) is 83.4 Å². The second kappa shape index (κ2) is 9.19. The number of rotatable bonds is 6. The first-order valence-electron chi connectivity index (χ1n) is 10.7. The highest BCUT2D eigenvalue weighted by Crippen LogP contribution is 2.35. The standard InChI is InChI=1S/C26H22N2O6/c1-16-2-6-18(7-3-16)25(26(30)27-19-8-10-21-23(13-19)34-15-32-21)28-24(29)11-5-17-4-9-20-22(12-17)33-14-31-20/h2-13,25H,14-15H2,1H3,(H,27,30)(H,28,29)/b11-5+/t25-/m0/s1. The van der Waals surface area contributed by atoms with E-state index in [1.54, 1.807) is 36.4 Å². The van der Waals surface area contributed by atoms with Crippen LogP contribution in [0.15, 0.2) is 66.7 Å². The summed E-state index contributed by atoms with van der Waals surface area (Å²) in [5, 5.41) is 5.65. The Labute approximate surface area is 196 Å². The van der Waals surface area contributed by atoms with Crippen molar-refractivity contribution in [2.45, 2.75) is 13.0 Å². The highest BCUT2D eigenvalue weighted by atomic mass is 16.7. The van der Waals surface area contributed by atoms with Crippen LogP contribution in [-0.4, -0.2) is 25.4 Å². The Morgan fingerprint density at radius 2 is 1.47 bits per heavy atom. The predicted molar refractivity (Wildman–Crippen MR) is 125 cm³/mol. The first-order valence-corrected chi connectivity index (χ1v) is 10.7. The monoisotopic (exact) mass is 458 g/mol. The molecule has 3 aromatic carbocycles. The summed E-state index contributed by atoms with van der Waals surface area (Å²) in [4.78, 5) is 25.9. The molecule has 2 aliphatic heterocycles. The van der Waals surface area contributed by atoms with Crippen molar-refractivity contribution in [2.75, 3.05) is 18.9 Å². The van der Waals surface area contributed by atoms with Gasteiger partial charge in [0.05, 0.1) is 0 Å². The molecule has 0 fully saturated rings.